The van der Waals surface area contributed by atoms with E-state index in [0.29, 0.717) is 12.2 Å². The van der Waals surface area contributed by atoms with Crippen LogP contribution in [0.3, 0.4) is 0 Å². The number of rotatable bonds is 3. The Kier molecular flexibility index (Phi) is 3.77. The number of para-hydroxylation sites is 1. The lowest BCUT2D eigenvalue weighted by molar-refractivity contribution is -0.131. The molecule has 4 rings (SSSR count). The van der Waals surface area contributed by atoms with Crippen molar-refractivity contribution in [3.63, 3.8) is 0 Å². The van der Waals surface area contributed by atoms with E-state index in [1.165, 1.54) is 17.9 Å². The normalized spacial score (nSPS) is 11.1. The Morgan fingerprint density at radius 2 is 1.64 bits per heavy atom. The van der Waals surface area contributed by atoms with Gasteiger partial charge in [0.2, 0.25) is 0 Å². The molecule has 25 heavy (non-hydrogen) atoms. The number of carbonyl (C=O) groups excluding carboxylic acids is 1. The molecule has 0 saturated heterocycles. The first kappa shape index (κ1) is 15.5. The van der Waals surface area contributed by atoms with Crippen LogP contribution >= 0.6 is 0 Å². The fourth-order valence-electron chi connectivity index (χ4n) is 3.49. The molecule has 0 amide bonds. The van der Waals surface area contributed by atoms with E-state index in [1.807, 2.05) is 30.3 Å². The molecule has 0 aliphatic carbocycles. The van der Waals surface area contributed by atoms with Crippen LogP contribution in [0.4, 0.5) is 0 Å². The van der Waals surface area contributed by atoms with Crippen molar-refractivity contribution in [2.75, 3.05) is 0 Å². The smallest absolute Gasteiger partial charge is 0.308 e. The Morgan fingerprint density at radius 1 is 0.920 bits per heavy atom. The number of ether oxygens (including phenoxy) is 1. The van der Waals surface area contributed by atoms with Crippen molar-refractivity contribution < 1.29 is 9.53 Å². The Hall–Kier alpha value is -3.07. The van der Waals surface area contributed by atoms with Crippen molar-refractivity contribution >= 4 is 27.6 Å². The molecule has 0 atom stereocenters. The molecule has 0 radical (unpaired) electrons. The molecule has 3 heteroatoms. The van der Waals surface area contributed by atoms with Crippen LogP contribution in [0, 0.1) is 6.92 Å². The van der Waals surface area contributed by atoms with E-state index in [9.17, 15) is 4.79 Å². The van der Waals surface area contributed by atoms with Crippen molar-refractivity contribution in [1.82, 2.24) is 4.98 Å². The summed E-state index contributed by atoms with van der Waals surface area (Å²) in [6.07, 6.45) is 0.708. The summed E-state index contributed by atoms with van der Waals surface area (Å²) in [6.45, 7) is 3.53. The van der Waals surface area contributed by atoms with Gasteiger partial charge < -0.3 is 9.72 Å². The maximum atomic E-state index is 11.6. The van der Waals surface area contributed by atoms with Crippen LogP contribution in [0.1, 0.15) is 23.7 Å². The van der Waals surface area contributed by atoms with Crippen LogP contribution in [-0.4, -0.2) is 11.0 Å². The fourth-order valence-corrected chi connectivity index (χ4v) is 3.49. The minimum Gasteiger partial charge on any atom is -0.426 e. The number of hydrogen-bond acceptors (Lipinski definition) is 2. The zero-order valence-electron chi connectivity index (χ0n) is 14.3. The van der Waals surface area contributed by atoms with Crippen LogP contribution in [0.25, 0.3) is 21.7 Å². The molecule has 4 aromatic rings. The van der Waals surface area contributed by atoms with E-state index < -0.39 is 0 Å². The largest absolute Gasteiger partial charge is 0.426 e. The maximum absolute atomic E-state index is 11.6. The summed E-state index contributed by atoms with van der Waals surface area (Å²) in [6, 6.07) is 20.4. The standard InChI is InChI=1S/C22H19NO2/c1-14-19(18-9-5-6-10-21(18)23-14)13-20-17-8-4-3-7-16(17)11-12-22(20)25-15(2)24/h3-12,23H,13H2,1-2H3. The van der Waals surface area contributed by atoms with E-state index in [2.05, 4.69) is 42.2 Å². The third-order valence-electron chi connectivity index (χ3n) is 4.63. The molecular formula is C22H19NO2. The molecule has 0 unspecified atom stereocenters. The van der Waals surface area contributed by atoms with E-state index in [4.69, 9.17) is 4.74 Å². The molecule has 0 fully saturated rings. The van der Waals surface area contributed by atoms with Gasteiger partial charge in [-0.1, -0.05) is 48.5 Å². The van der Waals surface area contributed by atoms with Gasteiger partial charge in [-0.25, -0.2) is 0 Å². The Morgan fingerprint density at radius 3 is 2.44 bits per heavy atom. The molecule has 0 bridgehead atoms. The highest BCUT2D eigenvalue weighted by Gasteiger charge is 2.15. The number of benzene rings is 3. The van der Waals surface area contributed by atoms with E-state index >= 15 is 0 Å². The second kappa shape index (κ2) is 6.10. The summed E-state index contributed by atoms with van der Waals surface area (Å²) in [4.78, 5) is 15.0. The van der Waals surface area contributed by atoms with Gasteiger partial charge in [-0.2, -0.15) is 0 Å². The third kappa shape index (κ3) is 2.78. The first-order chi connectivity index (χ1) is 12.1. The lowest BCUT2D eigenvalue weighted by Gasteiger charge is -2.13. The average Bonchev–Trinajstić information content (AvgIpc) is 2.92. The Balaban J connectivity index is 1.92. The van der Waals surface area contributed by atoms with Gasteiger partial charge in [0, 0.05) is 35.5 Å². The highest BCUT2D eigenvalue weighted by atomic mass is 16.5. The fraction of sp³-hybridized carbons (Fsp3) is 0.136. The summed E-state index contributed by atoms with van der Waals surface area (Å²) in [5, 5.41) is 3.47. The van der Waals surface area contributed by atoms with Gasteiger partial charge in [-0.3, -0.25) is 4.79 Å². The van der Waals surface area contributed by atoms with Crippen LogP contribution in [0.15, 0.2) is 60.7 Å². The van der Waals surface area contributed by atoms with Gasteiger partial charge in [-0.15, -0.1) is 0 Å². The van der Waals surface area contributed by atoms with Crippen LogP contribution in [-0.2, 0) is 11.2 Å². The van der Waals surface area contributed by atoms with Crippen molar-refractivity contribution in [3.05, 3.63) is 77.5 Å². The SMILES string of the molecule is CC(=O)Oc1ccc2ccccc2c1Cc1c(C)[nH]c2ccccc12. The molecule has 3 nitrogen and oxygen atoms in total. The Labute approximate surface area is 146 Å². The first-order valence-corrected chi connectivity index (χ1v) is 8.38. The van der Waals surface area contributed by atoms with E-state index in [-0.39, 0.29) is 5.97 Å². The highest BCUT2D eigenvalue weighted by Crippen LogP contribution is 2.33. The molecular weight excluding hydrogens is 310 g/mol. The van der Waals surface area contributed by atoms with Crippen molar-refractivity contribution in [1.29, 1.82) is 0 Å². The summed E-state index contributed by atoms with van der Waals surface area (Å²) < 4.78 is 5.51. The summed E-state index contributed by atoms with van der Waals surface area (Å²) >= 11 is 0. The first-order valence-electron chi connectivity index (χ1n) is 8.38. The summed E-state index contributed by atoms with van der Waals surface area (Å²) in [5.41, 5.74) is 4.55. The number of H-pyrrole nitrogens is 1. The number of esters is 1. The molecule has 0 aliphatic rings. The second-order valence-corrected chi connectivity index (χ2v) is 6.31. The molecule has 0 saturated carbocycles. The zero-order valence-corrected chi connectivity index (χ0v) is 14.3. The molecule has 1 heterocycles. The zero-order chi connectivity index (χ0) is 17.4. The minimum atomic E-state index is -0.299. The van der Waals surface area contributed by atoms with Crippen molar-refractivity contribution in [2.45, 2.75) is 20.3 Å². The number of aromatic amines is 1. The lowest BCUT2D eigenvalue weighted by Crippen LogP contribution is -2.05. The number of aryl methyl sites for hydroxylation is 1. The average molecular weight is 329 g/mol. The predicted octanol–water partition coefficient (Wildman–Crippen LogP) is 5.15. The molecule has 3 aromatic carbocycles. The van der Waals surface area contributed by atoms with Gasteiger partial charge in [0.1, 0.15) is 5.75 Å². The molecule has 1 aromatic heterocycles. The summed E-state index contributed by atoms with van der Waals surface area (Å²) in [7, 11) is 0. The van der Waals surface area contributed by atoms with Gasteiger partial charge in [0.05, 0.1) is 0 Å². The third-order valence-corrected chi connectivity index (χ3v) is 4.63. The molecule has 0 spiro atoms. The van der Waals surface area contributed by atoms with Gasteiger partial charge >= 0.3 is 5.97 Å². The topological polar surface area (TPSA) is 42.1 Å². The van der Waals surface area contributed by atoms with Crippen LogP contribution < -0.4 is 4.74 Å². The predicted molar refractivity (Wildman–Crippen MR) is 101 cm³/mol. The quantitative estimate of drug-likeness (QED) is 0.417. The van der Waals surface area contributed by atoms with Crippen molar-refractivity contribution in [2.24, 2.45) is 0 Å². The minimum absolute atomic E-state index is 0.299. The number of aromatic nitrogens is 1. The number of nitrogens with one attached hydrogen (secondary N) is 1. The lowest BCUT2D eigenvalue weighted by atomic mass is 9.96. The summed E-state index contributed by atoms with van der Waals surface area (Å²) in [5.74, 6) is 0.336. The number of carbonyl (C=O) groups is 1. The Bertz CT molecular complexity index is 1090. The molecule has 1 N–H and O–H groups in total. The monoisotopic (exact) mass is 329 g/mol. The van der Waals surface area contributed by atoms with Crippen LogP contribution in [0.2, 0.25) is 0 Å². The van der Waals surface area contributed by atoms with Gasteiger partial charge in [0.15, 0.2) is 0 Å². The van der Waals surface area contributed by atoms with Gasteiger partial charge in [-0.05, 0) is 35.4 Å². The number of fused-ring (bicyclic) bond motifs is 2. The van der Waals surface area contributed by atoms with Crippen molar-refractivity contribution in [3.8, 4) is 5.75 Å². The second-order valence-electron chi connectivity index (χ2n) is 6.31. The van der Waals surface area contributed by atoms with Crippen LogP contribution in [0.5, 0.6) is 5.75 Å². The maximum Gasteiger partial charge on any atom is 0.308 e. The van der Waals surface area contributed by atoms with E-state index in [0.717, 1.165) is 27.5 Å². The van der Waals surface area contributed by atoms with E-state index in [1.54, 1.807) is 0 Å². The van der Waals surface area contributed by atoms with Gasteiger partial charge in [0.25, 0.3) is 0 Å². The molecule has 0 aliphatic heterocycles. The molecule has 124 valence electrons. The highest BCUT2D eigenvalue weighted by molar-refractivity contribution is 5.91. The number of hydrogen-bond donors (Lipinski definition) is 1.